The predicted octanol–water partition coefficient (Wildman–Crippen LogP) is 4.50. The number of ether oxygens (including phenoxy) is 1. The van der Waals surface area contributed by atoms with Crippen LogP contribution in [0.1, 0.15) is 5.56 Å². The van der Waals surface area contributed by atoms with E-state index in [1.807, 2.05) is 35.7 Å². The first kappa shape index (κ1) is 18.2. The summed E-state index contributed by atoms with van der Waals surface area (Å²) in [6, 6.07) is 7.55. The second-order valence-electron chi connectivity index (χ2n) is 5.19. The van der Waals surface area contributed by atoms with Crippen molar-refractivity contribution in [1.29, 1.82) is 0 Å². The largest absolute Gasteiger partial charge is 0.490 e. The minimum absolute atomic E-state index is 0.0859. The number of hydrogen-bond donors (Lipinski definition) is 0. The Labute approximate surface area is 160 Å². The monoisotopic (exact) mass is 383 g/mol. The fraction of sp³-hybridized carbons (Fsp3) is 0.105. The van der Waals surface area contributed by atoms with E-state index in [2.05, 4.69) is 23.1 Å². The van der Waals surface area contributed by atoms with Crippen LogP contribution in [-0.4, -0.2) is 34.1 Å². The highest BCUT2D eigenvalue weighted by atomic mass is 32.2. The summed E-state index contributed by atoms with van der Waals surface area (Å²) in [5.74, 6) is 0.675. The molecule has 2 aromatic rings. The molecule has 2 heterocycles. The molecular formula is C19H17N3O2S2. The molecule has 1 aromatic carbocycles. The van der Waals surface area contributed by atoms with Crippen molar-refractivity contribution >= 4 is 45.4 Å². The summed E-state index contributed by atoms with van der Waals surface area (Å²) in [5.41, 5.74) is 0.917. The molecule has 5 nitrogen and oxygen atoms in total. The van der Waals surface area contributed by atoms with Crippen molar-refractivity contribution in [3.05, 3.63) is 71.6 Å². The van der Waals surface area contributed by atoms with Crippen LogP contribution < -0.4 is 4.74 Å². The number of hydrogen-bond acceptors (Lipinski definition) is 6. The molecule has 7 heteroatoms. The third kappa shape index (κ3) is 4.30. The smallest absolute Gasteiger partial charge is 0.267 e. The third-order valence-corrected chi connectivity index (χ3v) is 5.03. The van der Waals surface area contributed by atoms with Crippen LogP contribution in [0.3, 0.4) is 0 Å². The maximum Gasteiger partial charge on any atom is 0.267 e. The number of amides is 1. The number of thioether (sulfide) groups is 1. The lowest BCUT2D eigenvalue weighted by Crippen LogP contribution is -2.29. The summed E-state index contributed by atoms with van der Waals surface area (Å²) in [7, 11) is 0. The van der Waals surface area contributed by atoms with E-state index >= 15 is 0 Å². The molecule has 1 aromatic heterocycles. The number of aromatic nitrogens is 1. The summed E-state index contributed by atoms with van der Waals surface area (Å²) < 4.78 is 5.47. The first-order valence-corrected chi connectivity index (χ1v) is 9.55. The second-order valence-corrected chi connectivity index (χ2v) is 7.07. The van der Waals surface area contributed by atoms with E-state index in [9.17, 15) is 4.79 Å². The molecule has 0 bridgehead atoms. The van der Waals surface area contributed by atoms with Gasteiger partial charge in [-0.1, -0.05) is 30.9 Å². The molecule has 1 aliphatic rings. The molecule has 0 saturated carbocycles. The van der Waals surface area contributed by atoms with E-state index in [1.54, 1.807) is 23.2 Å². The minimum atomic E-state index is -0.0859. The van der Waals surface area contributed by atoms with Crippen molar-refractivity contribution in [2.24, 2.45) is 4.99 Å². The molecule has 1 aliphatic heterocycles. The maximum absolute atomic E-state index is 12.7. The average molecular weight is 383 g/mol. The third-order valence-electron chi connectivity index (χ3n) is 3.36. The Balaban J connectivity index is 1.83. The molecule has 0 spiro atoms. The number of carbonyl (C=O) groups excluding carboxylic acids is 1. The van der Waals surface area contributed by atoms with Gasteiger partial charge in [0.15, 0.2) is 5.17 Å². The van der Waals surface area contributed by atoms with E-state index in [0.717, 1.165) is 11.3 Å². The molecule has 26 heavy (non-hydrogen) atoms. The molecule has 3 rings (SSSR count). The van der Waals surface area contributed by atoms with Gasteiger partial charge in [-0.2, -0.15) is 4.99 Å². The molecular weight excluding hydrogens is 366 g/mol. The summed E-state index contributed by atoms with van der Waals surface area (Å²) in [6.07, 6.45) is 6.92. The second kappa shape index (κ2) is 8.64. The Morgan fingerprint density at radius 3 is 2.69 bits per heavy atom. The van der Waals surface area contributed by atoms with Crippen LogP contribution in [-0.2, 0) is 4.79 Å². The normalized spacial score (nSPS) is 17.1. The van der Waals surface area contributed by atoms with Gasteiger partial charge in [0, 0.05) is 18.1 Å². The fourth-order valence-electron chi connectivity index (χ4n) is 2.20. The van der Waals surface area contributed by atoms with E-state index in [0.29, 0.717) is 28.4 Å². The van der Waals surface area contributed by atoms with Crippen LogP contribution >= 0.6 is 23.1 Å². The highest BCUT2D eigenvalue weighted by Crippen LogP contribution is 2.34. The number of amidine groups is 1. The van der Waals surface area contributed by atoms with Crippen molar-refractivity contribution in [3.63, 3.8) is 0 Å². The minimum Gasteiger partial charge on any atom is -0.490 e. The molecule has 0 unspecified atom stereocenters. The molecule has 0 N–H and O–H groups in total. The van der Waals surface area contributed by atoms with Crippen LogP contribution in [0.15, 0.2) is 71.0 Å². The van der Waals surface area contributed by atoms with Gasteiger partial charge < -0.3 is 4.74 Å². The summed E-state index contributed by atoms with van der Waals surface area (Å²) in [4.78, 5) is 23.6. The first-order valence-electron chi connectivity index (χ1n) is 7.85. The molecule has 0 aliphatic carbocycles. The molecule has 1 saturated heterocycles. The van der Waals surface area contributed by atoms with Gasteiger partial charge in [0.25, 0.3) is 5.91 Å². The van der Waals surface area contributed by atoms with Gasteiger partial charge in [0.2, 0.25) is 5.13 Å². The zero-order valence-corrected chi connectivity index (χ0v) is 15.6. The van der Waals surface area contributed by atoms with E-state index in [4.69, 9.17) is 4.74 Å². The maximum atomic E-state index is 12.7. The number of benzene rings is 1. The summed E-state index contributed by atoms with van der Waals surface area (Å²) in [6.45, 7) is 8.21. The Bertz CT molecular complexity index is 855. The lowest BCUT2D eigenvalue weighted by molar-refractivity contribution is -0.121. The predicted molar refractivity (Wildman–Crippen MR) is 109 cm³/mol. The number of carbonyl (C=O) groups is 1. The number of rotatable bonds is 7. The molecule has 1 amide bonds. The zero-order valence-electron chi connectivity index (χ0n) is 14.0. The molecule has 0 atom stereocenters. The molecule has 1 fully saturated rings. The van der Waals surface area contributed by atoms with Crippen molar-refractivity contribution in [1.82, 2.24) is 9.88 Å². The van der Waals surface area contributed by atoms with Gasteiger partial charge in [-0.25, -0.2) is 4.98 Å². The van der Waals surface area contributed by atoms with Crippen molar-refractivity contribution in [3.8, 4) is 5.75 Å². The van der Waals surface area contributed by atoms with E-state index in [1.165, 1.54) is 23.1 Å². The Morgan fingerprint density at radius 2 is 2.04 bits per heavy atom. The summed E-state index contributed by atoms with van der Waals surface area (Å²) >= 11 is 2.77. The highest BCUT2D eigenvalue weighted by Gasteiger charge is 2.32. The van der Waals surface area contributed by atoms with Crippen LogP contribution in [0.5, 0.6) is 5.75 Å². The van der Waals surface area contributed by atoms with E-state index < -0.39 is 0 Å². The SMILES string of the molecule is C=CCOc1ccc(/C=C2\S/C(=N/c3nccs3)N(CC=C)C2=O)cc1. The van der Waals surface area contributed by atoms with Gasteiger partial charge in [0.1, 0.15) is 12.4 Å². The van der Waals surface area contributed by atoms with Gasteiger partial charge in [-0.3, -0.25) is 9.69 Å². The van der Waals surface area contributed by atoms with Crippen LogP contribution in [0.4, 0.5) is 5.13 Å². The molecule has 132 valence electrons. The number of thiazole rings is 1. The van der Waals surface area contributed by atoms with E-state index in [-0.39, 0.29) is 5.91 Å². The Morgan fingerprint density at radius 1 is 1.23 bits per heavy atom. The number of aliphatic imine (C=N–C) groups is 1. The zero-order chi connectivity index (χ0) is 18.4. The van der Waals surface area contributed by atoms with Crippen LogP contribution in [0.25, 0.3) is 6.08 Å². The van der Waals surface area contributed by atoms with Gasteiger partial charge in [0.05, 0.1) is 4.91 Å². The van der Waals surface area contributed by atoms with Gasteiger partial charge in [-0.05, 0) is 35.5 Å². The fourth-order valence-corrected chi connectivity index (χ4v) is 3.75. The van der Waals surface area contributed by atoms with Gasteiger partial charge in [-0.15, -0.1) is 17.9 Å². The molecule has 0 radical (unpaired) electrons. The quantitative estimate of drug-likeness (QED) is 0.522. The Hall–Kier alpha value is -2.64. The van der Waals surface area contributed by atoms with Crippen molar-refractivity contribution in [2.45, 2.75) is 0 Å². The van der Waals surface area contributed by atoms with Gasteiger partial charge >= 0.3 is 0 Å². The van der Waals surface area contributed by atoms with Crippen molar-refractivity contribution in [2.75, 3.05) is 13.2 Å². The highest BCUT2D eigenvalue weighted by molar-refractivity contribution is 8.18. The average Bonchev–Trinajstić information content (AvgIpc) is 3.26. The van der Waals surface area contributed by atoms with Crippen LogP contribution in [0, 0.1) is 0 Å². The standard InChI is InChI=1S/C19H17N3O2S2/c1-3-10-22-17(23)16(26-19(22)21-18-20-9-12-25-18)13-14-5-7-15(8-6-14)24-11-4-2/h3-9,12-13H,1-2,10-11H2/b16-13-,21-19+. The number of nitrogens with zero attached hydrogens (tertiary/aromatic N) is 3. The lowest BCUT2D eigenvalue weighted by atomic mass is 10.2. The van der Waals surface area contributed by atoms with Crippen molar-refractivity contribution < 1.29 is 9.53 Å². The summed E-state index contributed by atoms with van der Waals surface area (Å²) in [5, 5.41) is 3.09. The lowest BCUT2D eigenvalue weighted by Gasteiger charge is -2.11. The Kier molecular flexibility index (Phi) is 6.04. The first-order chi connectivity index (χ1) is 12.7. The topological polar surface area (TPSA) is 54.8 Å². The van der Waals surface area contributed by atoms with Crippen LogP contribution in [0.2, 0.25) is 0 Å².